The van der Waals surface area contributed by atoms with Crippen LogP contribution < -0.4 is 0 Å². The Morgan fingerprint density at radius 2 is 2.00 bits per heavy atom. The van der Waals surface area contributed by atoms with Gasteiger partial charge in [0, 0.05) is 11.6 Å². The Hall–Kier alpha value is -1.57. The van der Waals surface area contributed by atoms with Gasteiger partial charge < -0.3 is 4.52 Å². The number of hydrogen-bond acceptors (Lipinski definition) is 2. The van der Waals surface area contributed by atoms with Crippen molar-refractivity contribution in [2.45, 2.75) is 0 Å². The minimum atomic E-state index is 0.755. The summed E-state index contributed by atoms with van der Waals surface area (Å²) in [6.45, 7) is 0. The predicted octanol–water partition coefficient (Wildman–Crippen LogP) is 2.14. The van der Waals surface area contributed by atoms with Crippen molar-refractivity contribution in [3.05, 3.63) is 42.6 Å². The Balaban J connectivity index is 2.46. The van der Waals surface area contributed by atoms with Gasteiger partial charge in [-0.05, 0) is 0 Å². The van der Waals surface area contributed by atoms with Crippen molar-refractivity contribution in [1.82, 2.24) is 5.16 Å². The van der Waals surface area contributed by atoms with Crippen molar-refractivity contribution in [2.24, 2.45) is 0 Å². The molecule has 53 valence electrons. The molecule has 1 radical (unpaired) electrons. The molecule has 0 fully saturated rings. The van der Waals surface area contributed by atoms with Crippen LogP contribution in [0.15, 0.2) is 40.9 Å². The minimum Gasteiger partial charge on any atom is -0.356 e. The first-order valence-corrected chi connectivity index (χ1v) is 3.35. The highest BCUT2D eigenvalue weighted by Crippen LogP contribution is 2.16. The van der Waals surface area contributed by atoms with Gasteiger partial charge in [0.2, 0.25) is 0 Å². The Morgan fingerprint density at radius 3 is 2.64 bits per heavy atom. The van der Waals surface area contributed by atoms with E-state index in [2.05, 4.69) is 11.4 Å². The molecule has 0 spiro atoms. The van der Waals surface area contributed by atoms with Crippen LogP contribution in [0.3, 0.4) is 0 Å². The van der Waals surface area contributed by atoms with Crippen LogP contribution in [0.4, 0.5) is 0 Å². The molecular formula is C9H6NO. The van der Waals surface area contributed by atoms with E-state index in [1.54, 1.807) is 6.07 Å². The van der Waals surface area contributed by atoms with Gasteiger partial charge in [-0.15, -0.1) is 0 Å². The molecule has 0 bridgehead atoms. The Labute approximate surface area is 64.5 Å². The van der Waals surface area contributed by atoms with E-state index in [-0.39, 0.29) is 0 Å². The summed E-state index contributed by atoms with van der Waals surface area (Å²) in [7, 11) is 0. The Bertz CT molecular complexity index is 313. The predicted molar refractivity (Wildman–Crippen MR) is 40.8 cm³/mol. The summed E-state index contributed by atoms with van der Waals surface area (Å²) >= 11 is 0. The SMILES string of the molecule is [c]1cc(-c2ccccc2)on1. The highest BCUT2D eigenvalue weighted by molar-refractivity contribution is 5.55. The molecule has 2 nitrogen and oxygen atoms in total. The average Bonchev–Trinajstić information content (AvgIpc) is 2.58. The van der Waals surface area contributed by atoms with E-state index < -0.39 is 0 Å². The average molecular weight is 144 g/mol. The van der Waals surface area contributed by atoms with Gasteiger partial charge in [-0.3, -0.25) is 0 Å². The van der Waals surface area contributed by atoms with Gasteiger partial charge in [0.1, 0.15) is 6.20 Å². The number of benzene rings is 1. The second-order valence-electron chi connectivity index (χ2n) is 2.19. The molecule has 0 aliphatic heterocycles. The fraction of sp³-hybridized carbons (Fsp3) is 0. The largest absolute Gasteiger partial charge is 0.356 e. The zero-order valence-electron chi connectivity index (χ0n) is 5.82. The Kier molecular flexibility index (Phi) is 1.44. The van der Waals surface area contributed by atoms with E-state index in [0.29, 0.717) is 0 Å². The maximum Gasteiger partial charge on any atom is 0.167 e. The van der Waals surface area contributed by atoms with Crippen molar-refractivity contribution in [3.63, 3.8) is 0 Å². The summed E-state index contributed by atoms with van der Waals surface area (Å²) in [5.41, 5.74) is 1.03. The third-order valence-electron chi connectivity index (χ3n) is 1.45. The first-order valence-electron chi connectivity index (χ1n) is 3.35. The third-order valence-corrected chi connectivity index (χ3v) is 1.45. The number of nitrogens with zero attached hydrogens (tertiary/aromatic N) is 1. The lowest BCUT2D eigenvalue weighted by Crippen LogP contribution is -1.69. The summed E-state index contributed by atoms with van der Waals surface area (Å²) in [6.07, 6.45) is 2.61. The molecule has 0 saturated heterocycles. The van der Waals surface area contributed by atoms with Crippen LogP contribution in [0, 0.1) is 6.20 Å². The summed E-state index contributed by atoms with van der Waals surface area (Å²) in [6, 6.07) is 11.5. The number of rotatable bonds is 1. The van der Waals surface area contributed by atoms with Crippen molar-refractivity contribution in [1.29, 1.82) is 0 Å². The van der Waals surface area contributed by atoms with Gasteiger partial charge in [-0.1, -0.05) is 35.5 Å². The van der Waals surface area contributed by atoms with Crippen molar-refractivity contribution in [3.8, 4) is 11.3 Å². The quantitative estimate of drug-likeness (QED) is 0.612. The van der Waals surface area contributed by atoms with E-state index in [4.69, 9.17) is 4.52 Å². The maximum atomic E-state index is 4.91. The maximum absolute atomic E-state index is 4.91. The van der Waals surface area contributed by atoms with Crippen LogP contribution in [0.5, 0.6) is 0 Å². The van der Waals surface area contributed by atoms with E-state index in [0.717, 1.165) is 11.3 Å². The summed E-state index contributed by atoms with van der Waals surface area (Å²) < 4.78 is 4.91. The minimum absolute atomic E-state index is 0.755. The molecule has 0 N–H and O–H groups in total. The summed E-state index contributed by atoms with van der Waals surface area (Å²) in [5.74, 6) is 0.755. The monoisotopic (exact) mass is 144 g/mol. The number of aromatic nitrogens is 1. The smallest absolute Gasteiger partial charge is 0.167 e. The second kappa shape index (κ2) is 2.58. The molecular weight excluding hydrogens is 138 g/mol. The van der Waals surface area contributed by atoms with Crippen LogP contribution in [0.2, 0.25) is 0 Å². The van der Waals surface area contributed by atoms with Crippen LogP contribution in [-0.2, 0) is 0 Å². The molecule has 0 aliphatic carbocycles. The number of hydrogen-bond donors (Lipinski definition) is 0. The van der Waals surface area contributed by atoms with Gasteiger partial charge in [0.15, 0.2) is 5.76 Å². The molecule has 0 aliphatic rings. The standard InChI is InChI=1S/C9H6NO/c1-2-4-8(5-3-1)9-6-7-10-11-9/h1-6H. The zero-order valence-corrected chi connectivity index (χ0v) is 5.82. The van der Waals surface area contributed by atoms with Crippen LogP contribution in [-0.4, -0.2) is 5.16 Å². The van der Waals surface area contributed by atoms with Crippen molar-refractivity contribution < 1.29 is 4.52 Å². The molecule has 11 heavy (non-hydrogen) atoms. The summed E-state index contributed by atoms with van der Waals surface area (Å²) in [5, 5.41) is 3.50. The van der Waals surface area contributed by atoms with Crippen molar-refractivity contribution >= 4 is 0 Å². The van der Waals surface area contributed by atoms with Crippen molar-refractivity contribution in [2.75, 3.05) is 0 Å². The van der Waals surface area contributed by atoms with E-state index in [9.17, 15) is 0 Å². The molecule has 1 heterocycles. The highest BCUT2D eigenvalue weighted by Gasteiger charge is 1.97. The van der Waals surface area contributed by atoms with Gasteiger partial charge in [-0.2, -0.15) is 0 Å². The molecule has 1 aromatic heterocycles. The van der Waals surface area contributed by atoms with Gasteiger partial charge in [0.25, 0.3) is 0 Å². The van der Waals surface area contributed by atoms with Gasteiger partial charge in [0.05, 0.1) is 0 Å². The molecule has 0 amide bonds. The third kappa shape index (κ3) is 1.15. The molecule has 2 heteroatoms. The molecule has 1 aromatic carbocycles. The lowest BCUT2D eigenvalue weighted by atomic mass is 10.2. The van der Waals surface area contributed by atoms with E-state index in [1.807, 2.05) is 30.3 Å². The van der Waals surface area contributed by atoms with Crippen LogP contribution in [0.1, 0.15) is 0 Å². The zero-order chi connectivity index (χ0) is 7.52. The molecule has 0 saturated carbocycles. The van der Waals surface area contributed by atoms with Crippen LogP contribution >= 0.6 is 0 Å². The molecule has 0 atom stereocenters. The fourth-order valence-corrected chi connectivity index (χ4v) is 0.925. The van der Waals surface area contributed by atoms with Gasteiger partial charge in [-0.25, -0.2) is 0 Å². The molecule has 0 unspecified atom stereocenters. The second-order valence-corrected chi connectivity index (χ2v) is 2.19. The molecule has 2 rings (SSSR count). The highest BCUT2D eigenvalue weighted by atomic mass is 16.5. The van der Waals surface area contributed by atoms with E-state index in [1.165, 1.54) is 0 Å². The first-order chi connectivity index (χ1) is 5.47. The Morgan fingerprint density at radius 1 is 1.18 bits per heavy atom. The fourth-order valence-electron chi connectivity index (χ4n) is 0.925. The lowest BCUT2D eigenvalue weighted by Gasteiger charge is -1.90. The normalized spacial score (nSPS) is 9.82. The van der Waals surface area contributed by atoms with Crippen LogP contribution in [0.25, 0.3) is 11.3 Å². The lowest BCUT2D eigenvalue weighted by molar-refractivity contribution is 0.431. The topological polar surface area (TPSA) is 26.0 Å². The summed E-state index contributed by atoms with van der Waals surface area (Å²) in [4.78, 5) is 0. The molecule has 2 aromatic rings. The van der Waals surface area contributed by atoms with Gasteiger partial charge >= 0.3 is 0 Å². The van der Waals surface area contributed by atoms with E-state index >= 15 is 0 Å². The first kappa shape index (κ1) is 6.16.